The van der Waals surface area contributed by atoms with E-state index in [9.17, 15) is 0 Å². The molecular weight excluding hydrogens is 176 g/mol. The van der Waals surface area contributed by atoms with Gasteiger partial charge in [0.2, 0.25) is 0 Å². The number of nitrogen functional groups attached to an aromatic ring is 1. The summed E-state index contributed by atoms with van der Waals surface area (Å²) in [5, 5.41) is 8.36. The third-order valence-electron chi connectivity index (χ3n) is 2.96. The molecule has 0 aliphatic heterocycles. The van der Waals surface area contributed by atoms with Crippen molar-refractivity contribution in [3.05, 3.63) is 18.0 Å². The van der Waals surface area contributed by atoms with Crippen LogP contribution in [0, 0.1) is 0 Å². The molecule has 4 nitrogen and oxygen atoms in total. The number of anilines is 1. The van der Waals surface area contributed by atoms with Crippen LogP contribution in [0.5, 0.6) is 0 Å². The number of H-pyrrole nitrogens is 1. The van der Waals surface area contributed by atoms with Crippen LogP contribution in [0.1, 0.15) is 30.9 Å². The molecule has 0 unspecified atom stereocenters. The average Bonchev–Trinajstić information content (AvgIpc) is 2.46. The highest BCUT2D eigenvalue weighted by molar-refractivity contribution is 5.81. The van der Waals surface area contributed by atoms with Crippen LogP contribution >= 0.6 is 0 Å². The molecule has 2 aromatic heterocycles. The number of nitrogens with two attached hydrogens (primary N) is 1. The molecule has 0 saturated heterocycles. The first-order valence-corrected chi connectivity index (χ1v) is 4.94. The average molecular weight is 188 g/mol. The summed E-state index contributed by atoms with van der Waals surface area (Å²) in [6, 6.07) is 1.96. The number of hydrogen-bond acceptors (Lipinski definition) is 3. The van der Waals surface area contributed by atoms with Crippen LogP contribution in [-0.2, 0) is 0 Å². The topological polar surface area (TPSA) is 67.6 Å². The minimum atomic E-state index is 0.618. The zero-order valence-corrected chi connectivity index (χ0v) is 7.83. The van der Waals surface area contributed by atoms with Crippen molar-refractivity contribution < 1.29 is 0 Å². The van der Waals surface area contributed by atoms with Crippen molar-refractivity contribution in [2.75, 3.05) is 5.73 Å². The fourth-order valence-corrected chi connectivity index (χ4v) is 1.93. The largest absolute Gasteiger partial charge is 0.397 e. The molecular formula is C10H12N4. The predicted molar refractivity (Wildman–Crippen MR) is 54.9 cm³/mol. The molecule has 4 heteroatoms. The third kappa shape index (κ3) is 0.999. The standard InChI is InChI=1S/C10H12N4/c11-7-4-8-9(6-2-1-3-6)13-14-10(8)12-5-7/h4-6H,1-3,11H2,(H,12,13,14). The Morgan fingerprint density at radius 1 is 1.43 bits per heavy atom. The minimum Gasteiger partial charge on any atom is -0.397 e. The van der Waals surface area contributed by atoms with Gasteiger partial charge in [-0.1, -0.05) is 6.42 Å². The number of rotatable bonds is 1. The summed E-state index contributed by atoms with van der Waals surface area (Å²) >= 11 is 0. The molecule has 14 heavy (non-hydrogen) atoms. The second-order valence-corrected chi connectivity index (χ2v) is 3.90. The molecule has 2 heterocycles. The van der Waals surface area contributed by atoms with Crippen LogP contribution in [0.2, 0.25) is 0 Å². The lowest BCUT2D eigenvalue weighted by molar-refractivity contribution is 0.413. The fourth-order valence-electron chi connectivity index (χ4n) is 1.93. The van der Waals surface area contributed by atoms with Crippen molar-refractivity contribution in [1.82, 2.24) is 15.2 Å². The van der Waals surface area contributed by atoms with Gasteiger partial charge in [0, 0.05) is 11.3 Å². The van der Waals surface area contributed by atoms with Crippen LogP contribution in [-0.4, -0.2) is 15.2 Å². The summed E-state index contributed by atoms with van der Waals surface area (Å²) in [7, 11) is 0. The Morgan fingerprint density at radius 2 is 2.29 bits per heavy atom. The monoisotopic (exact) mass is 188 g/mol. The first-order chi connectivity index (χ1) is 6.84. The highest BCUT2D eigenvalue weighted by Gasteiger charge is 2.24. The number of aromatic nitrogens is 3. The van der Waals surface area contributed by atoms with Crippen molar-refractivity contribution >= 4 is 16.7 Å². The molecule has 0 aromatic carbocycles. The Hall–Kier alpha value is -1.58. The van der Waals surface area contributed by atoms with Crippen LogP contribution in [0.4, 0.5) is 5.69 Å². The smallest absolute Gasteiger partial charge is 0.155 e. The molecule has 1 aliphatic rings. The van der Waals surface area contributed by atoms with Crippen LogP contribution < -0.4 is 5.73 Å². The summed E-state index contributed by atoms with van der Waals surface area (Å²) in [5.74, 6) is 0.618. The summed E-state index contributed by atoms with van der Waals surface area (Å²) in [4.78, 5) is 4.20. The van der Waals surface area contributed by atoms with Crippen molar-refractivity contribution in [2.24, 2.45) is 0 Å². The van der Waals surface area contributed by atoms with E-state index in [1.165, 1.54) is 19.3 Å². The Labute approximate surface area is 81.5 Å². The van der Waals surface area contributed by atoms with Crippen molar-refractivity contribution in [3.8, 4) is 0 Å². The van der Waals surface area contributed by atoms with Gasteiger partial charge < -0.3 is 5.73 Å². The van der Waals surface area contributed by atoms with E-state index in [0.717, 1.165) is 16.7 Å². The molecule has 0 atom stereocenters. The van der Waals surface area contributed by atoms with Gasteiger partial charge in [-0.2, -0.15) is 5.10 Å². The predicted octanol–water partition coefficient (Wildman–Crippen LogP) is 1.81. The number of pyridine rings is 1. The molecule has 1 saturated carbocycles. The van der Waals surface area contributed by atoms with E-state index in [1.54, 1.807) is 6.20 Å². The Morgan fingerprint density at radius 3 is 3.00 bits per heavy atom. The van der Waals surface area contributed by atoms with Crippen molar-refractivity contribution in [2.45, 2.75) is 25.2 Å². The molecule has 3 N–H and O–H groups in total. The molecule has 0 radical (unpaired) electrons. The van der Waals surface area contributed by atoms with Gasteiger partial charge in [-0.25, -0.2) is 4.98 Å². The Balaban J connectivity index is 2.18. The second-order valence-electron chi connectivity index (χ2n) is 3.90. The van der Waals surface area contributed by atoms with Gasteiger partial charge in [-0.15, -0.1) is 0 Å². The van der Waals surface area contributed by atoms with Crippen LogP contribution in [0.3, 0.4) is 0 Å². The normalized spacial score (nSPS) is 17.1. The zero-order chi connectivity index (χ0) is 9.54. The van der Waals surface area contributed by atoms with E-state index >= 15 is 0 Å². The van der Waals surface area contributed by atoms with Gasteiger partial charge in [0.05, 0.1) is 17.6 Å². The number of nitrogens with zero attached hydrogens (tertiary/aromatic N) is 2. The Bertz CT molecular complexity index is 470. The van der Waals surface area contributed by atoms with Gasteiger partial charge in [0.1, 0.15) is 0 Å². The maximum absolute atomic E-state index is 5.71. The first kappa shape index (κ1) is 7.79. The number of aromatic amines is 1. The van der Waals surface area contributed by atoms with Gasteiger partial charge in [-0.05, 0) is 18.9 Å². The zero-order valence-electron chi connectivity index (χ0n) is 7.83. The summed E-state index contributed by atoms with van der Waals surface area (Å²) in [6.45, 7) is 0. The minimum absolute atomic E-state index is 0.618. The van der Waals surface area contributed by atoms with E-state index in [1.807, 2.05) is 6.07 Å². The number of nitrogens with one attached hydrogen (secondary N) is 1. The lowest BCUT2D eigenvalue weighted by Crippen LogP contribution is -2.09. The number of fused-ring (bicyclic) bond motifs is 1. The van der Waals surface area contributed by atoms with Gasteiger partial charge in [0.15, 0.2) is 5.65 Å². The molecule has 0 amide bonds. The summed E-state index contributed by atoms with van der Waals surface area (Å²) in [6.07, 6.45) is 5.46. The number of hydrogen-bond donors (Lipinski definition) is 2. The molecule has 72 valence electrons. The van der Waals surface area contributed by atoms with Gasteiger partial charge in [0.25, 0.3) is 0 Å². The van der Waals surface area contributed by atoms with Gasteiger partial charge in [-0.3, -0.25) is 5.10 Å². The van der Waals surface area contributed by atoms with E-state index in [4.69, 9.17) is 5.73 Å². The first-order valence-electron chi connectivity index (χ1n) is 4.94. The van der Waals surface area contributed by atoms with E-state index < -0.39 is 0 Å². The lowest BCUT2D eigenvalue weighted by Gasteiger charge is -2.23. The highest BCUT2D eigenvalue weighted by atomic mass is 15.1. The highest BCUT2D eigenvalue weighted by Crippen LogP contribution is 2.38. The van der Waals surface area contributed by atoms with Crippen LogP contribution in [0.25, 0.3) is 11.0 Å². The van der Waals surface area contributed by atoms with E-state index in [2.05, 4.69) is 15.2 Å². The second kappa shape index (κ2) is 2.70. The van der Waals surface area contributed by atoms with Crippen molar-refractivity contribution in [3.63, 3.8) is 0 Å². The lowest BCUT2D eigenvalue weighted by atomic mass is 9.82. The summed E-state index contributed by atoms with van der Waals surface area (Å²) < 4.78 is 0. The molecule has 3 rings (SSSR count). The molecule has 1 aliphatic carbocycles. The quantitative estimate of drug-likeness (QED) is 0.717. The molecule has 1 fully saturated rings. The molecule has 0 bridgehead atoms. The van der Waals surface area contributed by atoms with E-state index in [0.29, 0.717) is 11.6 Å². The molecule has 0 spiro atoms. The maximum Gasteiger partial charge on any atom is 0.155 e. The fraction of sp³-hybridized carbons (Fsp3) is 0.400. The van der Waals surface area contributed by atoms with Crippen molar-refractivity contribution in [1.29, 1.82) is 0 Å². The van der Waals surface area contributed by atoms with Gasteiger partial charge >= 0.3 is 0 Å². The summed E-state index contributed by atoms with van der Waals surface area (Å²) in [5.41, 5.74) is 8.41. The molecule has 2 aromatic rings. The van der Waals surface area contributed by atoms with Crippen LogP contribution in [0.15, 0.2) is 12.3 Å². The third-order valence-corrected chi connectivity index (χ3v) is 2.96. The Kier molecular flexibility index (Phi) is 1.50. The van der Waals surface area contributed by atoms with E-state index in [-0.39, 0.29) is 0 Å². The SMILES string of the molecule is Nc1cnc2[nH]nc(C3CCC3)c2c1. The maximum atomic E-state index is 5.71.